The van der Waals surface area contributed by atoms with Gasteiger partial charge in [-0.2, -0.15) is 0 Å². The van der Waals surface area contributed by atoms with Crippen LogP contribution in [0.1, 0.15) is 0 Å². The van der Waals surface area contributed by atoms with E-state index in [4.69, 9.17) is 0 Å². The smallest absolute Gasteiger partial charge is 0.0240 e. The van der Waals surface area contributed by atoms with Gasteiger partial charge in [0.2, 0.25) is 0 Å². The van der Waals surface area contributed by atoms with Gasteiger partial charge < -0.3 is 0 Å². The fraction of sp³-hybridized carbons (Fsp3) is 1.00. The lowest BCUT2D eigenvalue weighted by Crippen LogP contribution is -2.67. The highest BCUT2D eigenvalue weighted by Gasteiger charge is 2.42. The summed E-state index contributed by atoms with van der Waals surface area (Å²) in [5.74, 6) is 0. The minimum Gasteiger partial charge on any atom is -0.0751 e. The molecular weight excluding hydrogens is 237 g/mol. The Bertz CT molecular complexity index is 122. The van der Waals surface area contributed by atoms with E-state index >= 15 is 0 Å². The highest BCUT2D eigenvalue weighted by atomic mass is 29.9. The molecule has 0 aromatic rings. The van der Waals surface area contributed by atoms with Gasteiger partial charge in [-0.15, -0.1) is 0 Å². The van der Waals surface area contributed by atoms with E-state index < -0.39 is 6.63 Å². The number of hydrogen-bond acceptors (Lipinski definition) is 0. The molecule has 0 amide bonds. The third-order valence-corrected chi connectivity index (χ3v) is 79.0. The third-order valence-electron chi connectivity index (χ3n) is 3.91. The van der Waals surface area contributed by atoms with Crippen LogP contribution in [-0.4, -0.2) is 41.1 Å². The topological polar surface area (TPSA) is 0 Å². The van der Waals surface area contributed by atoms with Crippen molar-refractivity contribution in [1.29, 1.82) is 0 Å². The Labute approximate surface area is 92.5 Å². The number of rotatable bonds is 5. The lowest BCUT2D eigenvalue weighted by molar-refractivity contribution is 1.84. The summed E-state index contributed by atoms with van der Waals surface area (Å²) in [5.41, 5.74) is 1.84. The van der Waals surface area contributed by atoms with Crippen molar-refractivity contribution in [2.45, 2.75) is 51.5 Å². The Kier molecular flexibility index (Phi) is 6.33. The summed E-state index contributed by atoms with van der Waals surface area (Å²) in [6, 6.07) is 0. The average molecular weight is 265 g/mol. The van der Waals surface area contributed by atoms with Crippen molar-refractivity contribution in [2.24, 2.45) is 0 Å². The van der Waals surface area contributed by atoms with E-state index in [0.717, 1.165) is 0 Å². The van der Waals surface area contributed by atoms with Gasteiger partial charge in [0.25, 0.3) is 0 Å². The number of hydrogen-bond donors (Lipinski definition) is 0. The van der Waals surface area contributed by atoms with Crippen molar-refractivity contribution < 1.29 is 0 Å². The molecule has 0 aromatic heterocycles. The summed E-state index contributed by atoms with van der Waals surface area (Å²) in [6.45, 7) is 18.1. The van der Waals surface area contributed by atoms with Crippen LogP contribution in [0.4, 0.5) is 0 Å². The Morgan fingerprint density at radius 2 is 1.15 bits per heavy atom. The second kappa shape index (κ2) is 5.84. The molecule has 13 heavy (non-hydrogen) atoms. The maximum Gasteiger partial charge on any atom is 0.0240 e. The molecule has 0 rings (SSSR count). The van der Waals surface area contributed by atoms with Crippen LogP contribution in [0.25, 0.3) is 0 Å². The van der Waals surface area contributed by atoms with Gasteiger partial charge >= 0.3 is 0 Å². The van der Waals surface area contributed by atoms with Gasteiger partial charge in [0.05, 0.1) is 0 Å². The van der Waals surface area contributed by atoms with Crippen LogP contribution in [0.5, 0.6) is 0 Å². The fourth-order valence-electron chi connectivity index (χ4n) is 3.30. The van der Waals surface area contributed by atoms with E-state index in [1.54, 1.807) is 0 Å². The van der Waals surface area contributed by atoms with Gasteiger partial charge in [-0.25, -0.2) is 0 Å². The van der Waals surface area contributed by atoms with E-state index in [2.05, 4.69) is 45.8 Å². The van der Waals surface area contributed by atoms with Crippen LogP contribution in [0, 0.1) is 0 Å². The normalized spacial score (nSPS) is 14.3. The molecule has 5 heteroatoms. The summed E-state index contributed by atoms with van der Waals surface area (Å²) in [4.78, 5) is 0. The van der Waals surface area contributed by atoms with Crippen molar-refractivity contribution in [2.75, 3.05) is 0 Å². The van der Waals surface area contributed by atoms with Crippen LogP contribution in [0.15, 0.2) is 0 Å². The van der Waals surface area contributed by atoms with Crippen LogP contribution in [0.2, 0.25) is 51.5 Å². The van der Waals surface area contributed by atoms with E-state index in [9.17, 15) is 0 Å². The molecule has 0 heterocycles. The van der Waals surface area contributed by atoms with Gasteiger partial charge in [-0.3, -0.25) is 0 Å². The van der Waals surface area contributed by atoms with E-state index in [1.807, 2.05) is 5.67 Å². The quantitative estimate of drug-likeness (QED) is 0.657. The van der Waals surface area contributed by atoms with Crippen molar-refractivity contribution >= 4 is 41.1 Å². The van der Waals surface area contributed by atoms with Crippen molar-refractivity contribution in [3.63, 3.8) is 0 Å². The first-order chi connectivity index (χ1) is 5.89. The Morgan fingerprint density at radius 1 is 0.846 bits per heavy atom. The summed E-state index contributed by atoms with van der Waals surface area (Å²) in [5, 5.41) is 0. The maximum atomic E-state index is 2.68. The predicted molar refractivity (Wildman–Crippen MR) is 81.6 cm³/mol. The van der Waals surface area contributed by atoms with Crippen molar-refractivity contribution in [3.8, 4) is 0 Å². The molecule has 0 saturated heterocycles. The molecule has 0 unspecified atom stereocenters. The lowest BCUT2D eigenvalue weighted by atomic mass is 11.8. The maximum absolute atomic E-state index is 2.68. The van der Waals surface area contributed by atoms with Crippen LogP contribution >= 0.6 is 0 Å². The molecule has 0 atom stereocenters. The van der Waals surface area contributed by atoms with Gasteiger partial charge in [0, 0.05) is 41.1 Å². The molecule has 0 aliphatic carbocycles. The molecule has 0 N–H and O–H groups in total. The first-order valence-electron chi connectivity index (χ1n) is 5.89. The highest BCUT2D eigenvalue weighted by Crippen LogP contribution is 2.20. The molecule has 0 aliphatic rings. The highest BCUT2D eigenvalue weighted by molar-refractivity contribution is 7.80. The predicted octanol–water partition coefficient (Wildman–Crippen LogP) is 1.30. The molecule has 0 aromatic carbocycles. The molecule has 0 radical (unpaired) electrons. The summed E-state index contributed by atoms with van der Waals surface area (Å²) < 4.78 is 0. The average Bonchev–Trinajstić information content (AvgIpc) is 1.97. The zero-order valence-corrected chi connectivity index (χ0v) is 16.5. The third kappa shape index (κ3) is 3.02. The Hall–Kier alpha value is 1.08. The standard InChI is InChI=1S/C8H28Si5/c1-9-8-13(10(2)3,11(4)5)12(6)7/h10-12H,8-9H2,1-7H3. The largest absolute Gasteiger partial charge is 0.0751 e. The minimum absolute atomic E-state index is 0.258. The van der Waals surface area contributed by atoms with Gasteiger partial charge in [-0.05, 0) is 0 Å². The molecule has 0 aliphatic heterocycles. The van der Waals surface area contributed by atoms with Crippen molar-refractivity contribution in [1.82, 2.24) is 0 Å². The van der Waals surface area contributed by atoms with E-state index in [1.165, 1.54) is 0 Å². The van der Waals surface area contributed by atoms with Crippen LogP contribution < -0.4 is 0 Å². The van der Waals surface area contributed by atoms with Gasteiger partial charge in [0.15, 0.2) is 0 Å². The van der Waals surface area contributed by atoms with Crippen molar-refractivity contribution in [3.05, 3.63) is 0 Å². The first kappa shape index (κ1) is 14.1. The zero-order chi connectivity index (χ0) is 10.6. The Balaban J connectivity index is 4.82. The van der Waals surface area contributed by atoms with Gasteiger partial charge in [-0.1, -0.05) is 51.5 Å². The molecular formula is C8H28Si5. The molecule has 80 valence electrons. The zero-order valence-electron chi connectivity index (χ0n) is 10.6. The summed E-state index contributed by atoms with van der Waals surface area (Å²) in [6.07, 6.45) is 0. The van der Waals surface area contributed by atoms with Crippen LogP contribution in [0.3, 0.4) is 0 Å². The molecule has 0 fully saturated rings. The molecule has 0 nitrogen and oxygen atoms in total. The monoisotopic (exact) mass is 264 g/mol. The second-order valence-corrected chi connectivity index (χ2v) is 43.5. The Morgan fingerprint density at radius 3 is 1.23 bits per heavy atom. The second-order valence-electron chi connectivity index (χ2n) is 5.33. The van der Waals surface area contributed by atoms with Gasteiger partial charge in [0.1, 0.15) is 0 Å². The van der Waals surface area contributed by atoms with Crippen LogP contribution in [-0.2, 0) is 0 Å². The first-order valence-corrected chi connectivity index (χ1v) is 22.9. The summed E-state index contributed by atoms with van der Waals surface area (Å²) in [7, 11) is -0.425. The van der Waals surface area contributed by atoms with E-state index in [0.29, 0.717) is 9.52 Å². The SMILES string of the molecule is C[SiH2]C[Si]([SiH](C)C)([SiH](C)C)[SiH](C)C. The fourth-order valence-corrected chi connectivity index (χ4v) is 89.1. The lowest BCUT2D eigenvalue weighted by Gasteiger charge is -2.41. The van der Waals surface area contributed by atoms with E-state index in [-0.39, 0.29) is 24.9 Å². The molecule has 0 spiro atoms. The summed E-state index contributed by atoms with van der Waals surface area (Å²) >= 11 is 0. The molecule has 0 saturated carbocycles. The minimum atomic E-state index is -0.549. The molecule has 0 bridgehead atoms.